The maximum absolute atomic E-state index is 11.9. The summed E-state index contributed by atoms with van der Waals surface area (Å²) in [5.74, 6) is -1.57. The highest BCUT2D eigenvalue weighted by molar-refractivity contribution is 5.94. The molecule has 3 N–H and O–H groups in total. The largest absolute Gasteiger partial charge is 0.506 e. The highest BCUT2D eigenvalue weighted by Crippen LogP contribution is 2.21. The first-order valence-corrected chi connectivity index (χ1v) is 5.34. The van der Waals surface area contributed by atoms with Gasteiger partial charge in [0.2, 0.25) is 5.43 Å². The van der Waals surface area contributed by atoms with E-state index in [1.165, 1.54) is 18.2 Å². The molecule has 1 aromatic carbocycles. The van der Waals surface area contributed by atoms with Crippen molar-refractivity contribution in [1.29, 1.82) is 0 Å². The SMILES string of the molecule is O=CCNn1cc(C(=O)O)c(=O)c2cccc(O)c21. The lowest BCUT2D eigenvalue weighted by atomic mass is 10.1. The van der Waals surface area contributed by atoms with Crippen LogP contribution in [0.1, 0.15) is 10.4 Å². The number of hydrogen-bond donors (Lipinski definition) is 3. The topological polar surface area (TPSA) is 109 Å². The van der Waals surface area contributed by atoms with Crippen LogP contribution in [0.3, 0.4) is 0 Å². The van der Waals surface area contributed by atoms with Crippen molar-refractivity contribution < 1.29 is 19.8 Å². The van der Waals surface area contributed by atoms with Crippen molar-refractivity contribution in [1.82, 2.24) is 4.68 Å². The van der Waals surface area contributed by atoms with Crippen LogP contribution in [-0.2, 0) is 4.79 Å². The lowest BCUT2D eigenvalue weighted by Gasteiger charge is -2.13. The number of aldehydes is 1. The number of carbonyl (C=O) groups excluding carboxylic acids is 1. The molecule has 19 heavy (non-hydrogen) atoms. The summed E-state index contributed by atoms with van der Waals surface area (Å²) >= 11 is 0. The zero-order valence-electron chi connectivity index (χ0n) is 9.66. The zero-order valence-corrected chi connectivity index (χ0v) is 9.66. The van der Waals surface area contributed by atoms with E-state index in [2.05, 4.69) is 5.43 Å². The Bertz CT molecular complexity index is 720. The molecule has 0 amide bonds. The molecule has 1 aromatic heterocycles. The Morgan fingerprint density at radius 2 is 2.16 bits per heavy atom. The minimum Gasteiger partial charge on any atom is -0.506 e. The second kappa shape index (κ2) is 4.81. The summed E-state index contributed by atoms with van der Waals surface area (Å²) in [6, 6.07) is 4.21. The third kappa shape index (κ3) is 2.13. The van der Waals surface area contributed by atoms with Gasteiger partial charge in [0, 0.05) is 6.20 Å². The van der Waals surface area contributed by atoms with Crippen molar-refractivity contribution in [2.45, 2.75) is 0 Å². The van der Waals surface area contributed by atoms with Crippen LogP contribution in [0.5, 0.6) is 5.75 Å². The van der Waals surface area contributed by atoms with Crippen LogP contribution in [0.25, 0.3) is 10.9 Å². The van der Waals surface area contributed by atoms with Gasteiger partial charge in [-0.3, -0.25) is 9.47 Å². The second-order valence-corrected chi connectivity index (χ2v) is 3.75. The normalized spacial score (nSPS) is 10.3. The third-order valence-corrected chi connectivity index (χ3v) is 2.58. The van der Waals surface area contributed by atoms with Gasteiger partial charge in [-0.1, -0.05) is 6.07 Å². The molecule has 0 spiro atoms. The highest BCUT2D eigenvalue weighted by atomic mass is 16.4. The van der Waals surface area contributed by atoms with E-state index in [0.29, 0.717) is 6.29 Å². The Balaban J connectivity index is 2.84. The zero-order chi connectivity index (χ0) is 14.0. The number of fused-ring (bicyclic) bond motifs is 1. The van der Waals surface area contributed by atoms with Crippen molar-refractivity contribution in [3.05, 3.63) is 40.2 Å². The summed E-state index contributed by atoms with van der Waals surface area (Å²) in [4.78, 5) is 33.3. The lowest BCUT2D eigenvalue weighted by molar-refractivity contribution is -0.106. The predicted molar refractivity (Wildman–Crippen MR) is 67.1 cm³/mol. The van der Waals surface area contributed by atoms with E-state index < -0.39 is 17.0 Å². The Labute approximate surface area is 106 Å². The first kappa shape index (κ1) is 12.6. The van der Waals surface area contributed by atoms with Gasteiger partial charge < -0.3 is 20.4 Å². The number of carboxylic acids is 1. The summed E-state index contributed by atoms with van der Waals surface area (Å²) in [5, 5.41) is 18.8. The molecule has 0 aliphatic rings. The quantitative estimate of drug-likeness (QED) is 0.677. The van der Waals surface area contributed by atoms with Gasteiger partial charge in [-0.25, -0.2) is 4.79 Å². The van der Waals surface area contributed by atoms with Crippen molar-refractivity contribution >= 4 is 23.2 Å². The molecule has 0 atom stereocenters. The predicted octanol–water partition coefficient (Wildman–Crippen LogP) is 0.148. The monoisotopic (exact) mass is 262 g/mol. The van der Waals surface area contributed by atoms with Gasteiger partial charge in [-0.2, -0.15) is 0 Å². The van der Waals surface area contributed by atoms with Gasteiger partial charge in [-0.05, 0) is 12.1 Å². The van der Waals surface area contributed by atoms with E-state index in [9.17, 15) is 19.5 Å². The molecule has 7 nitrogen and oxygen atoms in total. The van der Waals surface area contributed by atoms with Crippen LogP contribution in [0.4, 0.5) is 0 Å². The summed E-state index contributed by atoms with van der Waals surface area (Å²) in [5.41, 5.74) is 1.57. The van der Waals surface area contributed by atoms with Gasteiger partial charge in [0.1, 0.15) is 23.1 Å². The van der Waals surface area contributed by atoms with E-state index in [-0.39, 0.29) is 23.2 Å². The number of pyridine rings is 1. The van der Waals surface area contributed by atoms with Crippen LogP contribution >= 0.6 is 0 Å². The van der Waals surface area contributed by atoms with Crippen LogP contribution in [0.2, 0.25) is 0 Å². The molecular formula is C12H10N2O5. The Morgan fingerprint density at radius 3 is 2.79 bits per heavy atom. The number of phenols is 1. The molecule has 98 valence electrons. The first-order chi connectivity index (χ1) is 9.06. The number of nitrogens with zero attached hydrogens (tertiary/aromatic N) is 1. The van der Waals surface area contributed by atoms with Crippen molar-refractivity contribution in [2.24, 2.45) is 0 Å². The fourth-order valence-electron chi connectivity index (χ4n) is 1.78. The summed E-state index contributed by atoms with van der Waals surface area (Å²) in [6.45, 7) is -0.0919. The number of aromatic hydroxyl groups is 1. The summed E-state index contributed by atoms with van der Waals surface area (Å²) < 4.78 is 1.16. The van der Waals surface area contributed by atoms with Crippen LogP contribution < -0.4 is 10.9 Å². The fraction of sp³-hybridized carbons (Fsp3) is 0.0833. The Morgan fingerprint density at radius 1 is 1.42 bits per heavy atom. The molecule has 1 heterocycles. The number of nitrogens with one attached hydrogen (secondary N) is 1. The smallest absolute Gasteiger partial charge is 0.341 e. The van der Waals surface area contributed by atoms with Gasteiger partial charge in [0.25, 0.3) is 0 Å². The van der Waals surface area contributed by atoms with E-state index in [1.807, 2.05) is 0 Å². The number of aromatic carboxylic acids is 1. The summed E-state index contributed by atoms with van der Waals surface area (Å²) in [6.07, 6.45) is 1.61. The molecule has 0 saturated carbocycles. The standard InChI is InChI=1S/C12H10N2O5/c15-5-4-13-14-6-8(12(18)19)11(17)7-2-1-3-9(16)10(7)14/h1-3,5-6,13,16H,4H2,(H,18,19). The maximum Gasteiger partial charge on any atom is 0.341 e. The van der Waals surface area contributed by atoms with Crippen LogP contribution in [0.15, 0.2) is 29.2 Å². The average Bonchev–Trinajstić information content (AvgIpc) is 2.38. The van der Waals surface area contributed by atoms with Gasteiger partial charge in [-0.15, -0.1) is 0 Å². The molecule has 2 rings (SSSR count). The third-order valence-electron chi connectivity index (χ3n) is 2.58. The summed E-state index contributed by atoms with van der Waals surface area (Å²) in [7, 11) is 0. The number of carbonyl (C=O) groups is 2. The first-order valence-electron chi connectivity index (χ1n) is 5.34. The molecule has 0 aliphatic heterocycles. The molecular weight excluding hydrogens is 252 g/mol. The highest BCUT2D eigenvalue weighted by Gasteiger charge is 2.16. The molecule has 2 aromatic rings. The fourth-order valence-corrected chi connectivity index (χ4v) is 1.78. The average molecular weight is 262 g/mol. The number of aromatic nitrogens is 1. The number of phenolic OH excluding ortho intramolecular Hbond substituents is 1. The molecule has 0 radical (unpaired) electrons. The molecule has 7 heteroatoms. The van der Waals surface area contributed by atoms with Crippen molar-refractivity contribution in [2.75, 3.05) is 12.0 Å². The van der Waals surface area contributed by atoms with Gasteiger partial charge >= 0.3 is 5.97 Å². The maximum atomic E-state index is 11.9. The second-order valence-electron chi connectivity index (χ2n) is 3.75. The van der Waals surface area contributed by atoms with Crippen LogP contribution in [0, 0.1) is 0 Å². The molecule has 0 saturated heterocycles. The molecule has 0 bridgehead atoms. The van der Waals surface area contributed by atoms with Gasteiger partial charge in [0.05, 0.1) is 11.9 Å². The van der Waals surface area contributed by atoms with E-state index in [4.69, 9.17) is 5.11 Å². The van der Waals surface area contributed by atoms with E-state index in [1.54, 1.807) is 0 Å². The number of benzene rings is 1. The number of carboxylic acid groups (broad SMARTS) is 1. The van der Waals surface area contributed by atoms with E-state index in [0.717, 1.165) is 10.9 Å². The minimum atomic E-state index is -1.38. The Hall–Kier alpha value is -2.83. The number of para-hydroxylation sites is 1. The van der Waals surface area contributed by atoms with E-state index >= 15 is 0 Å². The number of rotatable bonds is 4. The minimum absolute atomic E-state index is 0.0540. The molecule has 0 aliphatic carbocycles. The van der Waals surface area contributed by atoms with Crippen molar-refractivity contribution in [3.63, 3.8) is 0 Å². The Kier molecular flexibility index (Phi) is 3.19. The number of hydrogen-bond acceptors (Lipinski definition) is 5. The lowest BCUT2D eigenvalue weighted by Crippen LogP contribution is -2.24. The molecule has 0 unspecified atom stereocenters. The molecule has 0 fully saturated rings. The van der Waals surface area contributed by atoms with Crippen LogP contribution in [-0.4, -0.2) is 33.7 Å². The van der Waals surface area contributed by atoms with Gasteiger partial charge in [0.15, 0.2) is 0 Å². The van der Waals surface area contributed by atoms with Crippen molar-refractivity contribution in [3.8, 4) is 5.75 Å².